The van der Waals surface area contributed by atoms with Crippen LogP contribution in [0.4, 0.5) is 0 Å². The molecule has 0 fully saturated rings. The fourth-order valence-corrected chi connectivity index (χ4v) is 4.61. The van der Waals surface area contributed by atoms with E-state index in [1.165, 1.54) is 15.9 Å². The lowest BCUT2D eigenvalue weighted by Crippen LogP contribution is -2.31. The van der Waals surface area contributed by atoms with E-state index in [1.54, 1.807) is 32.9 Å². The van der Waals surface area contributed by atoms with Crippen molar-refractivity contribution in [1.29, 1.82) is 0 Å². The molecule has 0 saturated heterocycles. The van der Waals surface area contributed by atoms with Gasteiger partial charge in [-0.2, -0.15) is 4.31 Å². The Kier molecular flexibility index (Phi) is 7.96. The third kappa shape index (κ3) is 5.88. The van der Waals surface area contributed by atoms with Crippen LogP contribution >= 0.6 is 0 Å². The maximum atomic E-state index is 12.8. The quantitative estimate of drug-likeness (QED) is 0.681. The number of carbonyl (C=O) groups is 1. The van der Waals surface area contributed by atoms with Crippen molar-refractivity contribution in [2.24, 2.45) is 0 Å². The number of hydrogen-bond acceptors (Lipinski definition) is 4. The maximum Gasteiger partial charge on any atom is 0.251 e. The Morgan fingerprint density at radius 1 is 0.966 bits per heavy atom. The van der Waals surface area contributed by atoms with E-state index in [-0.39, 0.29) is 10.8 Å². The summed E-state index contributed by atoms with van der Waals surface area (Å²) in [7, 11) is 0.431. The van der Waals surface area contributed by atoms with Gasteiger partial charge in [-0.1, -0.05) is 44.2 Å². The van der Waals surface area contributed by atoms with Crippen molar-refractivity contribution < 1.29 is 13.2 Å². The van der Waals surface area contributed by atoms with Gasteiger partial charge in [0.1, 0.15) is 0 Å². The van der Waals surface area contributed by atoms with Gasteiger partial charge in [-0.15, -0.1) is 0 Å². The summed E-state index contributed by atoms with van der Waals surface area (Å²) in [5, 5.41) is 2.89. The number of nitrogens with zero attached hydrogens (tertiary/aromatic N) is 2. The van der Waals surface area contributed by atoms with E-state index in [0.29, 0.717) is 25.2 Å². The van der Waals surface area contributed by atoms with Crippen molar-refractivity contribution in [2.45, 2.75) is 38.8 Å². The first kappa shape index (κ1) is 23.1. The minimum absolute atomic E-state index is 0.144. The average Bonchev–Trinajstić information content (AvgIpc) is 2.67. The summed E-state index contributed by atoms with van der Waals surface area (Å²) < 4.78 is 26.9. The number of aryl methyl sites for hydroxylation is 1. The topological polar surface area (TPSA) is 69.7 Å². The van der Waals surface area contributed by atoms with Gasteiger partial charge in [0, 0.05) is 31.7 Å². The highest BCUT2D eigenvalue weighted by molar-refractivity contribution is 7.89. The second kappa shape index (κ2) is 10.0. The van der Waals surface area contributed by atoms with Crippen LogP contribution in [-0.2, 0) is 23.1 Å². The van der Waals surface area contributed by atoms with Crippen LogP contribution in [0, 0.1) is 6.92 Å². The highest BCUT2D eigenvalue weighted by Crippen LogP contribution is 2.20. The van der Waals surface area contributed by atoms with Crippen LogP contribution in [0.3, 0.4) is 0 Å². The molecule has 0 spiro atoms. The first-order valence-corrected chi connectivity index (χ1v) is 11.2. The number of carbonyl (C=O) groups excluding carboxylic acids is 1. The van der Waals surface area contributed by atoms with Crippen LogP contribution in [0.25, 0.3) is 0 Å². The SMILES string of the molecule is CCN(CC)S(=O)(=O)c1ccc(C)c(C(=O)NCc2ccc(CN(C)C)cc2)c1. The smallest absolute Gasteiger partial charge is 0.251 e. The summed E-state index contributed by atoms with van der Waals surface area (Å²) in [5.41, 5.74) is 3.31. The molecule has 0 aliphatic heterocycles. The third-order valence-electron chi connectivity index (χ3n) is 4.77. The van der Waals surface area contributed by atoms with Crippen LogP contribution in [0.15, 0.2) is 47.4 Å². The van der Waals surface area contributed by atoms with Crippen molar-refractivity contribution in [1.82, 2.24) is 14.5 Å². The molecule has 1 N–H and O–H groups in total. The van der Waals surface area contributed by atoms with E-state index in [1.807, 2.05) is 38.4 Å². The molecule has 0 heterocycles. The van der Waals surface area contributed by atoms with Gasteiger partial charge < -0.3 is 10.2 Å². The van der Waals surface area contributed by atoms with Gasteiger partial charge in [-0.25, -0.2) is 8.42 Å². The molecule has 158 valence electrons. The number of benzene rings is 2. The molecule has 2 rings (SSSR count). The van der Waals surface area contributed by atoms with Crippen LogP contribution in [0.1, 0.15) is 40.9 Å². The van der Waals surface area contributed by atoms with Gasteiger partial charge >= 0.3 is 0 Å². The highest BCUT2D eigenvalue weighted by Gasteiger charge is 2.23. The maximum absolute atomic E-state index is 12.8. The molecule has 0 saturated carbocycles. The van der Waals surface area contributed by atoms with Gasteiger partial charge in [-0.05, 0) is 49.8 Å². The molecular formula is C22H31N3O3S. The van der Waals surface area contributed by atoms with Crippen molar-refractivity contribution in [3.63, 3.8) is 0 Å². The summed E-state index contributed by atoms with van der Waals surface area (Å²) in [5.74, 6) is -0.281. The van der Waals surface area contributed by atoms with Gasteiger partial charge in [0.2, 0.25) is 10.0 Å². The minimum Gasteiger partial charge on any atom is -0.348 e. The summed E-state index contributed by atoms with van der Waals surface area (Å²) in [6, 6.07) is 12.8. The normalized spacial score (nSPS) is 11.8. The molecular weight excluding hydrogens is 386 g/mol. The van der Waals surface area contributed by atoms with Crippen molar-refractivity contribution in [3.05, 3.63) is 64.7 Å². The molecule has 29 heavy (non-hydrogen) atoms. The first-order valence-electron chi connectivity index (χ1n) is 9.80. The molecule has 2 aromatic rings. The minimum atomic E-state index is -3.61. The first-order chi connectivity index (χ1) is 13.7. The molecule has 6 nitrogen and oxygen atoms in total. The third-order valence-corrected chi connectivity index (χ3v) is 6.82. The van der Waals surface area contributed by atoms with Gasteiger partial charge in [-0.3, -0.25) is 4.79 Å². The number of amides is 1. The number of hydrogen-bond donors (Lipinski definition) is 1. The van der Waals surface area contributed by atoms with Crippen LogP contribution in [0.2, 0.25) is 0 Å². The average molecular weight is 418 g/mol. The second-order valence-corrected chi connectivity index (χ2v) is 9.24. The molecule has 0 atom stereocenters. The summed E-state index contributed by atoms with van der Waals surface area (Å²) in [4.78, 5) is 15.0. The van der Waals surface area contributed by atoms with Crippen molar-refractivity contribution >= 4 is 15.9 Å². The van der Waals surface area contributed by atoms with Gasteiger partial charge in [0.05, 0.1) is 4.90 Å². The van der Waals surface area contributed by atoms with E-state index in [9.17, 15) is 13.2 Å². The van der Waals surface area contributed by atoms with E-state index < -0.39 is 10.0 Å². The van der Waals surface area contributed by atoms with Gasteiger partial charge in [0.25, 0.3) is 5.91 Å². The fourth-order valence-electron chi connectivity index (χ4n) is 3.12. The lowest BCUT2D eigenvalue weighted by Gasteiger charge is -2.19. The van der Waals surface area contributed by atoms with E-state index >= 15 is 0 Å². The van der Waals surface area contributed by atoms with Crippen LogP contribution in [-0.4, -0.2) is 50.7 Å². The van der Waals surface area contributed by atoms with Crippen molar-refractivity contribution in [2.75, 3.05) is 27.2 Å². The Labute approximate surface area is 174 Å². The standard InChI is InChI=1S/C22H31N3O3S/c1-6-25(7-2)29(27,28)20-13-8-17(3)21(14-20)22(26)23-15-18-9-11-19(12-10-18)16-24(4)5/h8-14H,6-7,15-16H2,1-5H3,(H,23,26). The zero-order chi connectivity index (χ0) is 21.6. The molecule has 0 unspecified atom stereocenters. The van der Waals surface area contributed by atoms with Gasteiger partial charge in [0.15, 0.2) is 0 Å². The summed E-state index contributed by atoms with van der Waals surface area (Å²) in [6.07, 6.45) is 0. The highest BCUT2D eigenvalue weighted by atomic mass is 32.2. The lowest BCUT2D eigenvalue weighted by molar-refractivity contribution is 0.0950. The molecule has 0 bridgehead atoms. The van der Waals surface area contributed by atoms with Crippen LogP contribution in [0.5, 0.6) is 0 Å². The number of rotatable bonds is 9. The molecule has 0 aliphatic carbocycles. The van der Waals surface area contributed by atoms with E-state index in [0.717, 1.165) is 17.7 Å². The number of nitrogens with one attached hydrogen (secondary N) is 1. The van der Waals surface area contributed by atoms with E-state index in [4.69, 9.17) is 0 Å². The lowest BCUT2D eigenvalue weighted by atomic mass is 10.1. The molecule has 0 radical (unpaired) electrons. The van der Waals surface area contributed by atoms with Crippen LogP contribution < -0.4 is 5.32 Å². The summed E-state index contributed by atoms with van der Waals surface area (Å²) >= 11 is 0. The predicted octanol–water partition coefficient (Wildman–Crippen LogP) is 3.02. The predicted molar refractivity (Wildman–Crippen MR) is 116 cm³/mol. The Hall–Kier alpha value is -2.22. The number of sulfonamides is 1. The zero-order valence-corrected chi connectivity index (χ0v) is 18.7. The Balaban J connectivity index is 2.15. The zero-order valence-electron chi connectivity index (χ0n) is 17.9. The molecule has 7 heteroatoms. The fraction of sp³-hybridized carbons (Fsp3) is 0.409. The Morgan fingerprint density at radius 3 is 2.10 bits per heavy atom. The molecule has 2 aromatic carbocycles. The summed E-state index contributed by atoms with van der Waals surface area (Å²) in [6.45, 7) is 7.42. The molecule has 0 aromatic heterocycles. The largest absolute Gasteiger partial charge is 0.348 e. The van der Waals surface area contributed by atoms with Crippen molar-refractivity contribution in [3.8, 4) is 0 Å². The Morgan fingerprint density at radius 2 is 1.55 bits per heavy atom. The second-order valence-electron chi connectivity index (χ2n) is 7.30. The monoisotopic (exact) mass is 417 g/mol. The Bertz CT molecular complexity index is 934. The molecule has 1 amide bonds. The molecule has 0 aliphatic rings. The van der Waals surface area contributed by atoms with E-state index in [2.05, 4.69) is 10.2 Å².